The second-order valence-electron chi connectivity index (χ2n) is 6.51. The summed E-state index contributed by atoms with van der Waals surface area (Å²) >= 11 is 5.92. The normalized spacial score (nSPS) is 13.2. The molecule has 20 heavy (non-hydrogen) atoms. The standard InChI is InChI=1S/C17H26ClNO/c1-5-6-16(20)15(11-19-12-17(2,3)4)13-7-9-14(18)10-8-13/h7-10,15,19H,5-6,11-12H2,1-4H3. The Morgan fingerprint density at radius 2 is 1.85 bits per heavy atom. The van der Waals surface area contributed by atoms with Gasteiger partial charge in [0.1, 0.15) is 5.78 Å². The number of hydrogen-bond donors (Lipinski definition) is 1. The van der Waals surface area contributed by atoms with Crippen molar-refractivity contribution in [2.24, 2.45) is 5.41 Å². The highest BCUT2D eigenvalue weighted by Gasteiger charge is 2.20. The average Bonchev–Trinajstić information content (AvgIpc) is 2.35. The third-order valence-electron chi connectivity index (χ3n) is 3.16. The van der Waals surface area contributed by atoms with Gasteiger partial charge < -0.3 is 5.32 Å². The molecule has 2 nitrogen and oxygen atoms in total. The maximum Gasteiger partial charge on any atom is 0.141 e. The van der Waals surface area contributed by atoms with Gasteiger partial charge in [0.15, 0.2) is 0 Å². The summed E-state index contributed by atoms with van der Waals surface area (Å²) in [6, 6.07) is 7.62. The van der Waals surface area contributed by atoms with Gasteiger partial charge in [0.2, 0.25) is 0 Å². The number of carbonyl (C=O) groups is 1. The van der Waals surface area contributed by atoms with Crippen LogP contribution in [0, 0.1) is 5.41 Å². The molecule has 1 unspecified atom stereocenters. The van der Waals surface area contributed by atoms with E-state index in [0.29, 0.717) is 23.8 Å². The van der Waals surface area contributed by atoms with Crippen LogP contribution < -0.4 is 5.32 Å². The van der Waals surface area contributed by atoms with E-state index in [1.807, 2.05) is 31.2 Å². The molecule has 1 aromatic carbocycles. The quantitative estimate of drug-likeness (QED) is 0.806. The molecule has 0 radical (unpaired) electrons. The maximum absolute atomic E-state index is 12.3. The van der Waals surface area contributed by atoms with Gasteiger partial charge in [-0.15, -0.1) is 0 Å². The molecule has 3 heteroatoms. The molecule has 0 amide bonds. The van der Waals surface area contributed by atoms with Crippen LogP contribution in [0.3, 0.4) is 0 Å². The van der Waals surface area contributed by atoms with Crippen LogP contribution in [0.5, 0.6) is 0 Å². The lowest BCUT2D eigenvalue weighted by Gasteiger charge is -2.22. The monoisotopic (exact) mass is 295 g/mol. The minimum absolute atomic E-state index is 0.0745. The van der Waals surface area contributed by atoms with Crippen LogP contribution in [0.2, 0.25) is 5.02 Å². The Hall–Kier alpha value is -0.860. The van der Waals surface area contributed by atoms with Crippen molar-refractivity contribution >= 4 is 17.4 Å². The summed E-state index contributed by atoms with van der Waals surface area (Å²) in [4.78, 5) is 12.3. The molecule has 1 aromatic rings. The van der Waals surface area contributed by atoms with Crippen molar-refractivity contribution in [3.8, 4) is 0 Å². The van der Waals surface area contributed by atoms with E-state index < -0.39 is 0 Å². The van der Waals surface area contributed by atoms with Crippen molar-refractivity contribution in [3.05, 3.63) is 34.9 Å². The maximum atomic E-state index is 12.3. The molecule has 1 rings (SSSR count). The third kappa shape index (κ3) is 6.06. The molecule has 112 valence electrons. The third-order valence-corrected chi connectivity index (χ3v) is 3.41. The molecule has 0 fully saturated rings. The van der Waals surface area contributed by atoms with E-state index in [1.165, 1.54) is 0 Å². The van der Waals surface area contributed by atoms with Gasteiger partial charge in [-0.3, -0.25) is 4.79 Å². The number of benzene rings is 1. The Balaban J connectivity index is 2.75. The number of carbonyl (C=O) groups excluding carboxylic acids is 1. The Kier molecular flexibility index (Phi) is 6.70. The molecule has 0 aliphatic carbocycles. The van der Waals surface area contributed by atoms with E-state index in [-0.39, 0.29) is 11.3 Å². The van der Waals surface area contributed by atoms with Crippen LogP contribution in [-0.4, -0.2) is 18.9 Å². The highest BCUT2D eigenvalue weighted by molar-refractivity contribution is 6.30. The second kappa shape index (κ2) is 7.80. The van der Waals surface area contributed by atoms with Gasteiger partial charge in [-0.2, -0.15) is 0 Å². The Bertz CT molecular complexity index is 420. The van der Waals surface area contributed by atoms with Gasteiger partial charge >= 0.3 is 0 Å². The summed E-state index contributed by atoms with van der Waals surface area (Å²) in [5, 5.41) is 4.13. The number of halogens is 1. The first-order valence-electron chi connectivity index (χ1n) is 7.32. The summed E-state index contributed by atoms with van der Waals surface area (Å²) in [5.74, 6) is 0.228. The summed E-state index contributed by atoms with van der Waals surface area (Å²) in [6.45, 7) is 10.2. The fourth-order valence-electron chi connectivity index (χ4n) is 2.12. The first kappa shape index (κ1) is 17.2. The van der Waals surface area contributed by atoms with Crippen LogP contribution in [0.15, 0.2) is 24.3 Å². The van der Waals surface area contributed by atoms with Crippen molar-refractivity contribution in [3.63, 3.8) is 0 Å². The van der Waals surface area contributed by atoms with Crippen LogP contribution in [0.1, 0.15) is 52.0 Å². The smallest absolute Gasteiger partial charge is 0.141 e. The molecule has 0 heterocycles. The molecular formula is C17H26ClNO. The van der Waals surface area contributed by atoms with Gasteiger partial charge in [0, 0.05) is 24.5 Å². The summed E-state index contributed by atoms with van der Waals surface area (Å²) in [6.07, 6.45) is 1.52. The van der Waals surface area contributed by atoms with Crippen molar-refractivity contribution in [2.75, 3.05) is 13.1 Å². The Labute approximate surface area is 127 Å². The number of nitrogens with one attached hydrogen (secondary N) is 1. The molecule has 1 N–H and O–H groups in total. The minimum Gasteiger partial charge on any atom is -0.315 e. The molecule has 0 aliphatic heterocycles. The van der Waals surface area contributed by atoms with E-state index in [2.05, 4.69) is 26.1 Å². The molecule has 0 aromatic heterocycles. The largest absolute Gasteiger partial charge is 0.315 e. The molecule has 0 spiro atoms. The number of Topliss-reactive ketones (excluding diaryl/α,β-unsaturated/α-hetero) is 1. The first-order chi connectivity index (χ1) is 9.33. The van der Waals surface area contributed by atoms with Gasteiger partial charge in [-0.25, -0.2) is 0 Å². The zero-order chi connectivity index (χ0) is 15.2. The van der Waals surface area contributed by atoms with Crippen LogP contribution >= 0.6 is 11.6 Å². The van der Waals surface area contributed by atoms with E-state index >= 15 is 0 Å². The number of rotatable bonds is 7. The fraction of sp³-hybridized carbons (Fsp3) is 0.588. The zero-order valence-corrected chi connectivity index (χ0v) is 13.8. The first-order valence-corrected chi connectivity index (χ1v) is 7.70. The van der Waals surface area contributed by atoms with Gasteiger partial charge in [0.25, 0.3) is 0 Å². The lowest BCUT2D eigenvalue weighted by Crippen LogP contribution is -2.33. The van der Waals surface area contributed by atoms with Crippen molar-refractivity contribution < 1.29 is 4.79 Å². The highest BCUT2D eigenvalue weighted by Crippen LogP contribution is 2.21. The Morgan fingerprint density at radius 1 is 1.25 bits per heavy atom. The van der Waals surface area contributed by atoms with Gasteiger partial charge in [-0.1, -0.05) is 51.4 Å². The molecule has 0 saturated carbocycles. The van der Waals surface area contributed by atoms with Crippen LogP contribution in [0.25, 0.3) is 0 Å². The average molecular weight is 296 g/mol. The highest BCUT2D eigenvalue weighted by atomic mass is 35.5. The SMILES string of the molecule is CCCC(=O)C(CNCC(C)(C)C)c1ccc(Cl)cc1. The molecule has 0 bridgehead atoms. The predicted octanol–water partition coefficient (Wildman–Crippen LogP) is 4.43. The van der Waals surface area contributed by atoms with E-state index in [4.69, 9.17) is 11.6 Å². The summed E-state index contributed by atoms with van der Waals surface area (Å²) < 4.78 is 0. The predicted molar refractivity (Wildman–Crippen MR) is 86.4 cm³/mol. The van der Waals surface area contributed by atoms with Crippen LogP contribution in [0.4, 0.5) is 0 Å². The van der Waals surface area contributed by atoms with E-state index in [0.717, 1.165) is 18.5 Å². The molecule has 1 atom stereocenters. The number of hydrogen-bond acceptors (Lipinski definition) is 2. The summed E-state index contributed by atoms with van der Waals surface area (Å²) in [5.41, 5.74) is 1.27. The van der Waals surface area contributed by atoms with Crippen molar-refractivity contribution in [1.82, 2.24) is 5.32 Å². The van der Waals surface area contributed by atoms with E-state index in [1.54, 1.807) is 0 Å². The fourth-order valence-corrected chi connectivity index (χ4v) is 2.25. The van der Waals surface area contributed by atoms with E-state index in [9.17, 15) is 4.79 Å². The van der Waals surface area contributed by atoms with Crippen molar-refractivity contribution in [2.45, 2.75) is 46.5 Å². The van der Waals surface area contributed by atoms with Gasteiger partial charge in [0.05, 0.1) is 5.92 Å². The Morgan fingerprint density at radius 3 is 2.35 bits per heavy atom. The lowest BCUT2D eigenvalue weighted by molar-refractivity contribution is -0.120. The lowest BCUT2D eigenvalue weighted by atomic mass is 9.91. The second-order valence-corrected chi connectivity index (χ2v) is 6.95. The summed E-state index contributed by atoms with van der Waals surface area (Å²) in [7, 11) is 0. The molecular weight excluding hydrogens is 270 g/mol. The van der Waals surface area contributed by atoms with Crippen molar-refractivity contribution in [1.29, 1.82) is 0 Å². The van der Waals surface area contributed by atoms with Gasteiger partial charge in [-0.05, 0) is 29.5 Å². The minimum atomic E-state index is -0.0745. The molecule has 0 aliphatic rings. The number of ketones is 1. The molecule has 0 saturated heterocycles. The topological polar surface area (TPSA) is 29.1 Å². The van der Waals surface area contributed by atoms with Crippen LogP contribution in [-0.2, 0) is 4.79 Å². The zero-order valence-electron chi connectivity index (χ0n) is 13.0.